The van der Waals surface area contributed by atoms with Gasteiger partial charge in [0, 0.05) is 12.1 Å². The normalized spacial score (nSPS) is 36.6. The zero-order valence-corrected chi connectivity index (χ0v) is 20.0. The van der Waals surface area contributed by atoms with Crippen LogP contribution < -0.4 is 0 Å². The van der Waals surface area contributed by atoms with E-state index in [0.29, 0.717) is 19.6 Å². The monoisotopic (exact) mass is 460 g/mol. The molecular formula is C25H36N2O6. The number of aliphatic hydroxyl groups excluding tert-OH is 1. The third kappa shape index (κ3) is 3.81. The first-order valence-electron chi connectivity index (χ1n) is 12.1. The van der Waals surface area contributed by atoms with Gasteiger partial charge in [-0.3, -0.25) is 14.4 Å². The van der Waals surface area contributed by atoms with Gasteiger partial charge >= 0.3 is 5.97 Å². The summed E-state index contributed by atoms with van der Waals surface area (Å²) in [7, 11) is 0. The maximum Gasteiger partial charge on any atom is 0.312 e. The van der Waals surface area contributed by atoms with Gasteiger partial charge in [-0.05, 0) is 46.5 Å². The second-order valence-corrected chi connectivity index (χ2v) is 10.4. The number of hydrogen-bond acceptors (Lipinski definition) is 6. The third-order valence-electron chi connectivity index (χ3n) is 7.42. The van der Waals surface area contributed by atoms with Crippen LogP contribution in [0.3, 0.4) is 0 Å². The Kier molecular flexibility index (Phi) is 6.44. The number of carbonyl (C=O) groups excluding carboxylic acids is 3. The molecule has 1 spiro atoms. The SMILES string of the molecule is CC[C@@H](CO)N1C(=O)[C@@H]2[C@H]3C(=O)OCCCC/C=C\[C@H]3O[C@@]23C=CCN(C(C)(C)C)C(=O)C13. The van der Waals surface area contributed by atoms with Crippen molar-refractivity contribution in [2.75, 3.05) is 19.8 Å². The van der Waals surface area contributed by atoms with E-state index in [9.17, 15) is 19.5 Å². The summed E-state index contributed by atoms with van der Waals surface area (Å²) in [4.78, 5) is 44.4. The molecule has 4 aliphatic heterocycles. The molecule has 4 aliphatic rings. The second-order valence-electron chi connectivity index (χ2n) is 10.4. The van der Waals surface area contributed by atoms with Gasteiger partial charge in [-0.1, -0.05) is 31.2 Å². The Morgan fingerprint density at radius 1 is 1.18 bits per heavy atom. The zero-order chi connectivity index (χ0) is 24.0. The lowest BCUT2D eigenvalue weighted by atomic mass is 9.77. The number of nitrogens with zero attached hydrogens (tertiary/aromatic N) is 2. The van der Waals surface area contributed by atoms with Crippen molar-refractivity contribution in [1.29, 1.82) is 0 Å². The molecule has 182 valence electrons. The van der Waals surface area contributed by atoms with Gasteiger partial charge in [0.15, 0.2) is 0 Å². The van der Waals surface area contributed by atoms with E-state index in [1.54, 1.807) is 4.90 Å². The maximum absolute atomic E-state index is 14.0. The molecule has 2 saturated heterocycles. The Labute approximate surface area is 195 Å². The minimum atomic E-state index is -1.29. The summed E-state index contributed by atoms with van der Waals surface area (Å²) >= 11 is 0. The number of ether oxygens (including phenoxy) is 2. The van der Waals surface area contributed by atoms with Crippen LogP contribution in [0.15, 0.2) is 24.3 Å². The molecule has 4 heterocycles. The molecule has 1 unspecified atom stereocenters. The molecule has 1 N–H and O–H groups in total. The van der Waals surface area contributed by atoms with Crippen LogP contribution in [0.4, 0.5) is 0 Å². The molecule has 0 saturated carbocycles. The van der Waals surface area contributed by atoms with E-state index in [0.717, 1.165) is 19.3 Å². The number of rotatable bonds is 3. The van der Waals surface area contributed by atoms with E-state index in [1.165, 1.54) is 4.90 Å². The topological polar surface area (TPSA) is 96.4 Å². The van der Waals surface area contributed by atoms with Crippen molar-refractivity contribution in [3.63, 3.8) is 0 Å². The summed E-state index contributed by atoms with van der Waals surface area (Å²) in [5.74, 6) is -2.74. The third-order valence-corrected chi connectivity index (χ3v) is 7.42. The van der Waals surface area contributed by atoms with E-state index < -0.39 is 47.1 Å². The quantitative estimate of drug-likeness (QED) is 0.510. The zero-order valence-electron chi connectivity index (χ0n) is 20.0. The molecule has 6 atom stereocenters. The van der Waals surface area contributed by atoms with Crippen molar-refractivity contribution in [1.82, 2.24) is 9.80 Å². The molecule has 4 rings (SSSR count). The van der Waals surface area contributed by atoms with Gasteiger partial charge in [-0.2, -0.15) is 0 Å². The highest BCUT2D eigenvalue weighted by Crippen LogP contribution is 2.54. The van der Waals surface area contributed by atoms with Crippen LogP contribution in [0.1, 0.15) is 53.4 Å². The molecule has 0 aromatic rings. The predicted molar refractivity (Wildman–Crippen MR) is 121 cm³/mol. The van der Waals surface area contributed by atoms with Crippen LogP contribution in [0, 0.1) is 11.8 Å². The van der Waals surface area contributed by atoms with Crippen molar-refractivity contribution < 1.29 is 29.0 Å². The highest BCUT2D eigenvalue weighted by Gasteiger charge is 2.72. The number of hydrogen-bond donors (Lipinski definition) is 1. The molecule has 0 aliphatic carbocycles. The first-order chi connectivity index (χ1) is 15.7. The lowest BCUT2D eigenvalue weighted by Gasteiger charge is -2.42. The molecule has 8 heteroatoms. The number of allylic oxidation sites excluding steroid dienone is 1. The number of fused-ring (bicyclic) bond motifs is 2. The van der Waals surface area contributed by atoms with Crippen LogP contribution in [0.2, 0.25) is 0 Å². The molecule has 2 amide bonds. The lowest BCUT2D eigenvalue weighted by Crippen LogP contribution is -2.60. The smallest absolute Gasteiger partial charge is 0.312 e. The van der Waals surface area contributed by atoms with Crippen LogP contribution in [-0.2, 0) is 23.9 Å². The fourth-order valence-electron chi connectivity index (χ4n) is 5.77. The van der Waals surface area contributed by atoms with Gasteiger partial charge < -0.3 is 24.4 Å². The van der Waals surface area contributed by atoms with Crippen molar-refractivity contribution in [3.05, 3.63) is 24.3 Å². The molecule has 0 aromatic carbocycles. The number of aliphatic hydroxyl groups is 1. The van der Waals surface area contributed by atoms with E-state index in [1.807, 2.05) is 52.0 Å². The summed E-state index contributed by atoms with van der Waals surface area (Å²) in [5, 5.41) is 10.1. The molecule has 33 heavy (non-hydrogen) atoms. The van der Waals surface area contributed by atoms with Crippen LogP contribution >= 0.6 is 0 Å². The minimum absolute atomic E-state index is 0.226. The molecule has 0 aromatic heterocycles. The van der Waals surface area contributed by atoms with Gasteiger partial charge in [-0.15, -0.1) is 0 Å². The fraction of sp³-hybridized carbons (Fsp3) is 0.720. The van der Waals surface area contributed by atoms with Crippen molar-refractivity contribution in [2.24, 2.45) is 11.8 Å². The number of esters is 1. The minimum Gasteiger partial charge on any atom is -0.465 e. The first kappa shape index (κ1) is 24.0. The Bertz CT molecular complexity index is 857. The van der Waals surface area contributed by atoms with Crippen LogP contribution in [-0.4, -0.2) is 81.8 Å². The highest BCUT2D eigenvalue weighted by atomic mass is 16.6. The van der Waals surface area contributed by atoms with Gasteiger partial charge in [0.25, 0.3) is 0 Å². The van der Waals surface area contributed by atoms with Crippen molar-refractivity contribution >= 4 is 17.8 Å². The Balaban J connectivity index is 1.87. The largest absolute Gasteiger partial charge is 0.465 e. The maximum atomic E-state index is 14.0. The number of amides is 2. The predicted octanol–water partition coefficient (Wildman–Crippen LogP) is 1.82. The van der Waals surface area contributed by atoms with Gasteiger partial charge in [0.2, 0.25) is 11.8 Å². The number of carbonyl (C=O) groups is 3. The summed E-state index contributed by atoms with van der Waals surface area (Å²) in [6.07, 6.45) is 9.87. The molecular weight excluding hydrogens is 424 g/mol. The van der Waals surface area contributed by atoms with Crippen molar-refractivity contribution in [3.8, 4) is 0 Å². The first-order valence-corrected chi connectivity index (χ1v) is 12.1. The standard InChI is InChI=1S/C25H36N2O6/c1-5-16(15-28)27-20-22(30)26(24(2,3)4)13-10-12-25(20)19(21(27)29)18-17(33-25)11-8-6-7-9-14-32-23(18)31/h8,10-12,16-20,28H,5-7,9,13-15H2,1-4H3/b11-8-/t16-,17+,18-,19-,20?,25-/m0/s1. The van der Waals surface area contributed by atoms with E-state index >= 15 is 0 Å². The average molecular weight is 461 g/mol. The van der Waals surface area contributed by atoms with Gasteiger partial charge in [0.1, 0.15) is 17.6 Å². The van der Waals surface area contributed by atoms with Gasteiger partial charge in [-0.25, -0.2) is 0 Å². The molecule has 8 nitrogen and oxygen atoms in total. The Morgan fingerprint density at radius 2 is 1.94 bits per heavy atom. The van der Waals surface area contributed by atoms with E-state index in [-0.39, 0.29) is 18.4 Å². The molecule has 2 fully saturated rings. The summed E-state index contributed by atoms with van der Waals surface area (Å²) in [6.45, 7) is 8.15. The van der Waals surface area contributed by atoms with Crippen LogP contribution in [0.5, 0.6) is 0 Å². The van der Waals surface area contributed by atoms with E-state index in [2.05, 4.69) is 0 Å². The van der Waals surface area contributed by atoms with E-state index in [4.69, 9.17) is 9.47 Å². The summed E-state index contributed by atoms with van der Waals surface area (Å²) in [6, 6.07) is -1.50. The average Bonchev–Trinajstić information content (AvgIpc) is 3.14. The summed E-state index contributed by atoms with van der Waals surface area (Å²) < 4.78 is 12.1. The number of likely N-dealkylation sites (tertiary alicyclic amines) is 1. The van der Waals surface area contributed by atoms with Crippen LogP contribution in [0.25, 0.3) is 0 Å². The highest BCUT2D eigenvalue weighted by molar-refractivity contribution is 5.99. The number of cyclic esters (lactones) is 1. The Morgan fingerprint density at radius 3 is 2.61 bits per heavy atom. The lowest BCUT2D eigenvalue weighted by molar-refractivity contribution is -0.157. The molecule has 0 bridgehead atoms. The summed E-state index contributed by atoms with van der Waals surface area (Å²) in [5.41, 5.74) is -1.76. The second kappa shape index (κ2) is 8.87. The Hall–Kier alpha value is -2.19. The van der Waals surface area contributed by atoms with Crippen molar-refractivity contribution in [2.45, 2.75) is 82.7 Å². The van der Waals surface area contributed by atoms with Gasteiger partial charge in [0.05, 0.1) is 31.3 Å². The molecule has 0 radical (unpaired) electrons. The fourth-order valence-corrected chi connectivity index (χ4v) is 5.77.